The molecule has 0 aliphatic rings. The van der Waals surface area contributed by atoms with Gasteiger partial charge in [0, 0.05) is 25.4 Å². The summed E-state index contributed by atoms with van der Waals surface area (Å²) >= 11 is 0. The number of carbonyl (C=O) groups is 6. The molecular formula is C37H69N3O18. The zero-order valence-corrected chi connectivity index (χ0v) is 35.5. The molecule has 4 N–H and O–H groups in total. The van der Waals surface area contributed by atoms with Gasteiger partial charge >= 0.3 is 36.1 Å². The maximum atomic E-state index is 12.4. The van der Waals surface area contributed by atoms with Crippen molar-refractivity contribution >= 4 is 36.1 Å². The monoisotopic (exact) mass is 843 g/mol. The Hall–Kier alpha value is -3.86. The van der Waals surface area contributed by atoms with E-state index in [1.807, 2.05) is 6.92 Å². The van der Waals surface area contributed by atoms with Crippen molar-refractivity contribution in [2.75, 3.05) is 119 Å². The number of rotatable bonds is 31. The molecule has 0 aliphatic heterocycles. The molecule has 0 fully saturated rings. The number of carbonyl (C=O) groups excluding carboxylic acids is 6. The Morgan fingerprint density at radius 2 is 0.966 bits per heavy atom. The molecule has 0 aromatic rings. The van der Waals surface area contributed by atoms with Gasteiger partial charge in [-0.2, -0.15) is 0 Å². The van der Waals surface area contributed by atoms with E-state index in [1.54, 1.807) is 41.5 Å². The quantitative estimate of drug-likeness (QED) is 0.0539. The fourth-order valence-electron chi connectivity index (χ4n) is 4.71. The Bertz CT molecular complexity index is 1130. The Labute approximate surface area is 341 Å². The Balaban J connectivity index is 0. The van der Waals surface area contributed by atoms with Crippen LogP contribution in [0.2, 0.25) is 0 Å². The summed E-state index contributed by atoms with van der Waals surface area (Å²) < 4.78 is 46.5. The summed E-state index contributed by atoms with van der Waals surface area (Å²) in [6.07, 6.45) is -4.51. The highest BCUT2D eigenvalue weighted by Gasteiger charge is 2.32. The van der Waals surface area contributed by atoms with Crippen LogP contribution in [0.1, 0.15) is 61.8 Å². The Morgan fingerprint density at radius 1 is 0.552 bits per heavy atom. The Kier molecular flexibility index (Phi) is 34.0. The van der Waals surface area contributed by atoms with Gasteiger partial charge in [-0.3, -0.25) is 29.0 Å². The van der Waals surface area contributed by atoms with Gasteiger partial charge in [0.25, 0.3) is 0 Å². The lowest BCUT2D eigenvalue weighted by Crippen LogP contribution is -2.44. The molecule has 2 amide bonds. The highest BCUT2D eigenvalue weighted by atomic mass is 16.6. The average Bonchev–Trinajstić information content (AvgIpc) is 3.14. The van der Waals surface area contributed by atoms with E-state index < -0.39 is 60.4 Å². The number of alkyl carbamates (subject to hydrolysis) is 1. The van der Waals surface area contributed by atoms with Crippen LogP contribution >= 0.6 is 0 Å². The summed E-state index contributed by atoms with van der Waals surface area (Å²) in [5.74, 6) is -2.04. The zero-order chi connectivity index (χ0) is 44.4. The predicted molar refractivity (Wildman–Crippen MR) is 205 cm³/mol. The highest BCUT2D eigenvalue weighted by Crippen LogP contribution is 2.24. The van der Waals surface area contributed by atoms with Gasteiger partial charge in [-0.05, 0) is 48.0 Å². The van der Waals surface area contributed by atoms with Gasteiger partial charge < -0.3 is 63.3 Å². The first-order chi connectivity index (χ1) is 27.5. The molecule has 340 valence electrons. The van der Waals surface area contributed by atoms with E-state index in [2.05, 4.69) is 10.1 Å². The van der Waals surface area contributed by atoms with Gasteiger partial charge in [0.15, 0.2) is 0 Å². The van der Waals surface area contributed by atoms with Crippen molar-refractivity contribution in [3.05, 3.63) is 0 Å². The van der Waals surface area contributed by atoms with Crippen molar-refractivity contribution in [1.29, 1.82) is 0 Å². The minimum atomic E-state index is -1.22. The number of nitrogens with zero attached hydrogens (tertiary/aromatic N) is 2. The molecule has 4 atom stereocenters. The average molecular weight is 844 g/mol. The van der Waals surface area contributed by atoms with E-state index in [0.29, 0.717) is 13.0 Å². The molecule has 0 saturated heterocycles. The van der Waals surface area contributed by atoms with Crippen molar-refractivity contribution in [2.24, 2.45) is 5.41 Å². The summed E-state index contributed by atoms with van der Waals surface area (Å²) in [6.45, 7) is 12.1. The summed E-state index contributed by atoms with van der Waals surface area (Å²) in [6, 6.07) is 0. The van der Waals surface area contributed by atoms with Crippen LogP contribution in [0.15, 0.2) is 0 Å². The van der Waals surface area contributed by atoms with Gasteiger partial charge in [0.1, 0.15) is 6.54 Å². The van der Waals surface area contributed by atoms with E-state index in [0.717, 1.165) is 4.90 Å². The number of ether oxygens (including phenoxy) is 9. The molecule has 0 spiro atoms. The molecule has 0 aliphatic carbocycles. The molecule has 0 heterocycles. The van der Waals surface area contributed by atoms with Crippen molar-refractivity contribution < 1.29 is 86.7 Å². The first-order valence-corrected chi connectivity index (χ1v) is 19.5. The van der Waals surface area contributed by atoms with E-state index in [-0.39, 0.29) is 111 Å². The van der Waals surface area contributed by atoms with Crippen LogP contribution < -0.4 is 5.32 Å². The van der Waals surface area contributed by atoms with E-state index >= 15 is 0 Å². The fourth-order valence-corrected chi connectivity index (χ4v) is 4.71. The minimum Gasteiger partial charge on any atom is -0.466 e. The molecular weight excluding hydrogens is 774 g/mol. The molecule has 0 saturated carbocycles. The first kappa shape index (κ1) is 56.2. The molecule has 0 aromatic heterocycles. The lowest BCUT2D eigenvalue weighted by molar-refractivity contribution is -0.149. The van der Waals surface area contributed by atoms with E-state index in [4.69, 9.17) is 37.9 Å². The number of amides is 2. The maximum Gasteiger partial charge on any atom is 0.410 e. The van der Waals surface area contributed by atoms with Crippen LogP contribution in [0.4, 0.5) is 9.59 Å². The molecule has 0 aromatic carbocycles. The van der Waals surface area contributed by atoms with Crippen molar-refractivity contribution in [1.82, 2.24) is 15.1 Å². The summed E-state index contributed by atoms with van der Waals surface area (Å²) in [7, 11) is 0. The number of aliphatic hydroxyl groups is 3. The first-order valence-electron chi connectivity index (χ1n) is 19.5. The fraction of sp³-hybridized carbons (Fsp3) is 0.838. The van der Waals surface area contributed by atoms with Gasteiger partial charge in [-0.1, -0.05) is 6.92 Å². The third kappa shape index (κ3) is 30.3. The SMILES string of the molecule is CCOC(=O)CN(CC(=O)OCC)CC(O)COCC(CC)(COCC(O)CNC(=O)OCC)COCC(O)CN(CC(=O)OCC)C(=O)OCC.CCOC(C)=O. The van der Waals surface area contributed by atoms with E-state index in [1.165, 1.54) is 11.8 Å². The number of hydrogen-bond donors (Lipinski definition) is 4. The van der Waals surface area contributed by atoms with Crippen LogP contribution in [0.5, 0.6) is 0 Å². The standard InChI is InChI=1S/C33H61N3O16.C4H8O2/c1-7-33(22-45-19-25(37)13-34-31(43)51-11-5,24-47-21-27(39)15-36(32(44)52-12-6)18-30(42)50-10-4)23-46-20-26(38)14-35(16-28(40)48-8-2)17-29(41)49-9-3;1-3-6-4(2)5/h25-27,37-39H,7-24H2,1-6H3,(H,34,43);3H2,1-2H3. The minimum absolute atomic E-state index is 0.0121. The van der Waals surface area contributed by atoms with Gasteiger partial charge in [-0.25, -0.2) is 9.59 Å². The third-order valence-electron chi connectivity index (χ3n) is 7.38. The number of esters is 4. The third-order valence-corrected chi connectivity index (χ3v) is 7.38. The Morgan fingerprint density at radius 3 is 1.36 bits per heavy atom. The van der Waals surface area contributed by atoms with Crippen LogP contribution in [0, 0.1) is 5.41 Å². The van der Waals surface area contributed by atoms with Crippen LogP contribution in [0.25, 0.3) is 0 Å². The molecule has 21 nitrogen and oxygen atoms in total. The van der Waals surface area contributed by atoms with Crippen molar-refractivity contribution in [3.8, 4) is 0 Å². The normalized spacial score (nSPS) is 13.4. The molecule has 0 radical (unpaired) electrons. The largest absolute Gasteiger partial charge is 0.466 e. The van der Waals surface area contributed by atoms with Gasteiger partial charge in [0.2, 0.25) is 0 Å². The molecule has 4 unspecified atom stereocenters. The number of aliphatic hydroxyl groups excluding tert-OH is 3. The highest BCUT2D eigenvalue weighted by molar-refractivity contribution is 5.78. The van der Waals surface area contributed by atoms with Crippen LogP contribution in [0.3, 0.4) is 0 Å². The molecule has 21 heteroatoms. The van der Waals surface area contributed by atoms with Crippen LogP contribution in [-0.4, -0.2) is 198 Å². The molecule has 58 heavy (non-hydrogen) atoms. The lowest BCUT2D eigenvalue weighted by atomic mass is 9.88. The molecule has 0 bridgehead atoms. The second-order valence-corrected chi connectivity index (χ2v) is 12.6. The summed E-state index contributed by atoms with van der Waals surface area (Å²) in [5, 5.41) is 34.2. The van der Waals surface area contributed by atoms with Gasteiger partial charge in [-0.15, -0.1) is 0 Å². The van der Waals surface area contributed by atoms with Gasteiger partial charge in [0.05, 0.1) is 117 Å². The lowest BCUT2D eigenvalue weighted by Gasteiger charge is -2.33. The summed E-state index contributed by atoms with van der Waals surface area (Å²) in [5.41, 5.74) is -0.880. The second-order valence-electron chi connectivity index (χ2n) is 12.6. The number of nitrogens with one attached hydrogen (secondary N) is 1. The topological polar surface area (TPSA) is 265 Å². The predicted octanol–water partition coefficient (Wildman–Crippen LogP) is 0.281. The number of hydrogen-bond acceptors (Lipinski definition) is 19. The zero-order valence-electron chi connectivity index (χ0n) is 35.5. The van der Waals surface area contributed by atoms with E-state index in [9.17, 15) is 44.1 Å². The second kappa shape index (κ2) is 35.1. The van der Waals surface area contributed by atoms with Crippen molar-refractivity contribution in [2.45, 2.75) is 80.1 Å². The summed E-state index contributed by atoms with van der Waals surface area (Å²) in [4.78, 5) is 72.4. The maximum absolute atomic E-state index is 12.4. The smallest absolute Gasteiger partial charge is 0.410 e. The molecule has 0 rings (SSSR count). The van der Waals surface area contributed by atoms with Crippen molar-refractivity contribution in [3.63, 3.8) is 0 Å². The van der Waals surface area contributed by atoms with Crippen LogP contribution in [-0.2, 0) is 61.8 Å².